The van der Waals surface area contributed by atoms with Crippen LogP contribution in [0.15, 0.2) is 54.0 Å². The van der Waals surface area contributed by atoms with Crippen LogP contribution in [-0.2, 0) is 16.0 Å². The zero-order valence-electron chi connectivity index (χ0n) is 13.2. The molecule has 122 valence electrons. The second kappa shape index (κ2) is 4.84. The van der Waals surface area contributed by atoms with Crippen molar-refractivity contribution in [2.45, 2.75) is 12.3 Å². The molecule has 2 unspecified atom stereocenters. The van der Waals surface area contributed by atoms with Gasteiger partial charge >= 0.3 is 11.0 Å². The third-order valence-corrected chi connectivity index (χ3v) is 5.95. The van der Waals surface area contributed by atoms with Crippen LogP contribution in [0.3, 0.4) is 0 Å². The summed E-state index contributed by atoms with van der Waals surface area (Å²) in [4.78, 5) is 30.3. The molecule has 0 radical (unpaired) electrons. The average molecular weight is 348 g/mol. The number of hydrogen-bond acceptors (Lipinski definition) is 4. The molecule has 2 N–H and O–H groups in total. The van der Waals surface area contributed by atoms with Crippen LogP contribution < -0.4 is 10.2 Å². The number of hydrogen-bond donors (Lipinski definition) is 1. The smallest absolute Gasteiger partial charge is 0.348 e. The average Bonchev–Trinajstić information content (AvgIpc) is 3.22. The summed E-state index contributed by atoms with van der Waals surface area (Å²) in [5, 5.41) is 2.50. The van der Waals surface area contributed by atoms with Gasteiger partial charge in [0.25, 0.3) is 0 Å². The number of nitrogens with two attached hydrogens (primary N) is 1. The summed E-state index contributed by atoms with van der Waals surface area (Å²) in [5.41, 5.74) is 10.2. The van der Waals surface area contributed by atoms with Gasteiger partial charge < -0.3 is 5.73 Å². The molecule has 2 amide bonds. The molecule has 1 aromatic heterocycles. The monoisotopic (exact) mass is 348 g/mol. The predicted molar refractivity (Wildman–Crippen MR) is 95.9 cm³/mol. The summed E-state index contributed by atoms with van der Waals surface area (Å²) < 4.78 is -0.132. The first-order valence-corrected chi connectivity index (χ1v) is 8.87. The number of para-hydroxylation sites is 2. The maximum atomic E-state index is 13.6. The van der Waals surface area contributed by atoms with E-state index in [0.717, 1.165) is 28.9 Å². The van der Waals surface area contributed by atoms with Gasteiger partial charge in [-0.15, -0.1) is 4.48 Å². The maximum absolute atomic E-state index is 13.6. The van der Waals surface area contributed by atoms with Crippen LogP contribution in [0.4, 0.5) is 16.5 Å². The minimum absolute atomic E-state index is 0.132. The zero-order valence-corrected chi connectivity index (χ0v) is 14.0. The lowest BCUT2D eigenvalue weighted by molar-refractivity contribution is -0.131. The van der Waals surface area contributed by atoms with Gasteiger partial charge in [0.05, 0.1) is 0 Å². The topological polar surface area (TPSA) is 73.1 Å². The van der Waals surface area contributed by atoms with Crippen LogP contribution in [-0.4, -0.2) is 16.8 Å². The van der Waals surface area contributed by atoms with Gasteiger partial charge in [-0.2, -0.15) is 4.98 Å². The molecule has 5 nitrogen and oxygen atoms in total. The Balaban J connectivity index is 1.97. The molecule has 0 saturated carbocycles. The Hall–Kier alpha value is -2.83. The lowest BCUT2D eigenvalue weighted by Gasteiger charge is -2.34. The molecule has 0 saturated heterocycles. The number of fused-ring (bicyclic) bond motifs is 2. The molecule has 6 heteroatoms. The van der Waals surface area contributed by atoms with Gasteiger partial charge in [-0.05, 0) is 0 Å². The van der Waals surface area contributed by atoms with Crippen LogP contribution in [0.2, 0.25) is 0 Å². The number of carbonyl (C=O) groups excluding carboxylic acids is 2. The van der Waals surface area contributed by atoms with Gasteiger partial charge in [-0.3, -0.25) is 4.79 Å². The Kier molecular flexibility index (Phi) is 2.81. The van der Waals surface area contributed by atoms with Crippen LogP contribution in [0, 0.1) is 0 Å². The van der Waals surface area contributed by atoms with E-state index in [1.165, 1.54) is 11.3 Å². The minimum Gasteiger partial charge on any atom is -0.369 e. The fraction of sp³-hybridized carbons (Fsp3) is 0.105. The second-order valence-corrected chi connectivity index (χ2v) is 7.19. The Labute approximate surface area is 147 Å². The summed E-state index contributed by atoms with van der Waals surface area (Å²) in [7, 11) is 0. The predicted octanol–water partition coefficient (Wildman–Crippen LogP) is 3.13. The molecule has 25 heavy (non-hydrogen) atoms. The number of amides is 2. The summed E-state index contributed by atoms with van der Waals surface area (Å²) in [6.07, 6.45) is 2.42. The second-order valence-electron chi connectivity index (χ2n) is 6.32. The number of quaternary nitrogens is 1. The molecular weight excluding hydrogens is 334 g/mol. The van der Waals surface area contributed by atoms with E-state index < -0.39 is 11.8 Å². The van der Waals surface area contributed by atoms with Gasteiger partial charge in [0.2, 0.25) is 5.91 Å². The van der Waals surface area contributed by atoms with Crippen molar-refractivity contribution in [3.63, 3.8) is 0 Å². The van der Waals surface area contributed by atoms with E-state index in [-0.39, 0.29) is 10.4 Å². The molecule has 2 atom stereocenters. The third kappa shape index (κ3) is 1.63. The van der Waals surface area contributed by atoms with Crippen molar-refractivity contribution >= 4 is 39.7 Å². The number of benzene rings is 2. The zero-order chi connectivity index (χ0) is 17.2. The Morgan fingerprint density at radius 1 is 1.16 bits per heavy atom. The third-order valence-electron chi connectivity index (χ3n) is 5.10. The molecule has 0 aliphatic carbocycles. The SMILES string of the molecule is NC(=O)C1C(=O)[N+]2(c3nccs3)c3ccccc3Cc3cccc1c32. The first-order valence-electron chi connectivity index (χ1n) is 7.99. The van der Waals surface area contributed by atoms with E-state index in [2.05, 4.69) is 4.98 Å². The van der Waals surface area contributed by atoms with Crippen LogP contribution in [0.1, 0.15) is 22.6 Å². The largest absolute Gasteiger partial charge is 0.369 e. The highest BCUT2D eigenvalue weighted by atomic mass is 32.1. The summed E-state index contributed by atoms with van der Waals surface area (Å²) in [5.74, 6) is -1.80. The Morgan fingerprint density at radius 2 is 1.96 bits per heavy atom. The number of thiazole rings is 1. The van der Waals surface area contributed by atoms with E-state index in [9.17, 15) is 9.59 Å². The number of rotatable bonds is 2. The molecule has 3 heterocycles. The maximum Gasteiger partial charge on any atom is 0.348 e. The highest BCUT2D eigenvalue weighted by molar-refractivity contribution is 7.13. The number of aromatic nitrogens is 1. The van der Waals surface area contributed by atoms with Crippen molar-refractivity contribution in [1.29, 1.82) is 0 Å². The van der Waals surface area contributed by atoms with Gasteiger partial charge in [0.1, 0.15) is 0 Å². The fourth-order valence-corrected chi connectivity index (χ4v) is 5.02. The van der Waals surface area contributed by atoms with Gasteiger partial charge in [-0.25, -0.2) is 4.79 Å². The highest BCUT2D eigenvalue weighted by Crippen LogP contribution is 2.59. The van der Waals surface area contributed by atoms with Crippen molar-refractivity contribution in [1.82, 2.24) is 9.47 Å². The molecule has 2 aliphatic heterocycles. The number of primary amides is 1. The summed E-state index contributed by atoms with van der Waals surface area (Å²) in [6, 6.07) is 13.6. The normalized spacial score (nSPS) is 23.2. The first kappa shape index (κ1) is 14.5. The van der Waals surface area contributed by atoms with Crippen molar-refractivity contribution in [2.24, 2.45) is 5.73 Å². The van der Waals surface area contributed by atoms with E-state index in [0.29, 0.717) is 10.7 Å². The van der Waals surface area contributed by atoms with Crippen molar-refractivity contribution in [3.05, 3.63) is 70.7 Å². The van der Waals surface area contributed by atoms with E-state index in [1.807, 2.05) is 47.8 Å². The molecule has 2 aromatic carbocycles. The molecule has 0 fully saturated rings. The molecule has 5 rings (SSSR count). The minimum atomic E-state index is -0.954. The lowest BCUT2D eigenvalue weighted by Crippen LogP contribution is -2.47. The number of nitrogens with zero attached hydrogens (tertiary/aromatic N) is 2. The highest BCUT2D eigenvalue weighted by Gasteiger charge is 2.62. The van der Waals surface area contributed by atoms with Crippen molar-refractivity contribution in [2.75, 3.05) is 0 Å². The van der Waals surface area contributed by atoms with Crippen LogP contribution in [0.5, 0.6) is 0 Å². The van der Waals surface area contributed by atoms with E-state index >= 15 is 0 Å². The summed E-state index contributed by atoms with van der Waals surface area (Å²) >= 11 is 1.42. The van der Waals surface area contributed by atoms with Crippen LogP contribution >= 0.6 is 11.3 Å². The molecule has 0 spiro atoms. The van der Waals surface area contributed by atoms with E-state index in [4.69, 9.17) is 5.73 Å². The van der Waals surface area contributed by atoms with Gasteiger partial charge in [0, 0.05) is 40.8 Å². The van der Waals surface area contributed by atoms with Crippen molar-refractivity contribution in [3.8, 4) is 0 Å². The molecule has 0 bridgehead atoms. The van der Waals surface area contributed by atoms with Gasteiger partial charge in [-0.1, -0.05) is 47.7 Å². The summed E-state index contributed by atoms with van der Waals surface area (Å²) in [6.45, 7) is 0. The molecule has 2 aliphatic rings. The fourth-order valence-electron chi connectivity index (χ4n) is 4.21. The standard InChI is InChI=1S/C19H13N3O2S/c20-17(23)15-13-6-3-5-12-10-11-4-1-2-7-14(11)22(16(12)13,18(15)24)19-21-8-9-25-19/h1-9,15H,10H2,(H-,20,23)/p+1. The van der Waals surface area contributed by atoms with Crippen LogP contribution in [0.25, 0.3) is 0 Å². The first-order chi connectivity index (χ1) is 12.2. The molecule has 3 aromatic rings. The van der Waals surface area contributed by atoms with Gasteiger partial charge in [0.15, 0.2) is 17.3 Å². The number of carbonyl (C=O) groups is 2. The van der Waals surface area contributed by atoms with E-state index in [1.54, 1.807) is 6.20 Å². The Bertz CT molecular complexity index is 1040. The Morgan fingerprint density at radius 3 is 2.72 bits per heavy atom. The lowest BCUT2D eigenvalue weighted by atomic mass is 9.92. The molecular formula is C19H14N3O2S+. The van der Waals surface area contributed by atoms with Crippen molar-refractivity contribution < 1.29 is 9.59 Å². The quantitative estimate of drug-likeness (QED) is 0.571.